The van der Waals surface area contributed by atoms with Crippen molar-refractivity contribution in [1.29, 1.82) is 0 Å². The molecule has 4 nitrogen and oxygen atoms in total. The van der Waals surface area contributed by atoms with Crippen molar-refractivity contribution in [3.8, 4) is 5.75 Å². The van der Waals surface area contributed by atoms with Crippen LogP contribution in [0.15, 0.2) is 24.3 Å². The number of hydrogen-bond acceptors (Lipinski definition) is 3. The molecule has 82 valence electrons. The van der Waals surface area contributed by atoms with Crippen LogP contribution in [0.2, 0.25) is 0 Å². The fourth-order valence-corrected chi connectivity index (χ4v) is 1.67. The number of rotatable bonds is 2. The molecule has 0 aliphatic rings. The molecular formula is C12H12N2O2. The van der Waals surface area contributed by atoms with Crippen LogP contribution in [0.1, 0.15) is 16.1 Å². The maximum Gasteiger partial charge on any atom is 0.249 e. The Kier molecular flexibility index (Phi) is 2.48. The molecule has 0 spiro atoms. The van der Waals surface area contributed by atoms with E-state index in [1.54, 1.807) is 19.2 Å². The zero-order chi connectivity index (χ0) is 11.7. The van der Waals surface area contributed by atoms with Gasteiger partial charge in [-0.15, -0.1) is 0 Å². The molecular weight excluding hydrogens is 204 g/mol. The second-order valence-electron chi connectivity index (χ2n) is 3.53. The van der Waals surface area contributed by atoms with Crippen LogP contribution in [-0.2, 0) is 0 Å². The van der Waals surface area contributed by atoms with Crippen LogP contribution in [0.5, 0.6) is 5.75 Å². The van der Waals surface area contributed by atoms with E-state index in [-0.39, 0.29) is 0 Å². The van der Waals surface area contributed by atoms with Gasteiger partial charge in [-0.1, -0.05) is 6.07 Å². The topological polar surface area (TPSA) is 65.2 Å². The number of aryl methyl sites for hydroxylation is 1. The number of aromatic nitrogens is 1. The second-order valence-corrected chi connectivity index (χ2v) is 3.53. The number of methoxy groups -OCH3 is 1. The van der Waals surface area contributed by atoms with E-state index in [1.165, 1.54) is 0 Å². The summed E-state index contributed by atoms with van der Waals surface area (Å²) >= 11 is 0. The zero-order valence-corrected chi connectivity index (χ0v) is 9.15. The lowest BCUT2D eigenvalue weighted by molar-refractivity contribution is 0.100. The number of nitrogens with zero attached hydrogens (tertiary/aromatic N) is 1. The molecule has 0 radical (unpaired) electrons. The maximum absolute atomic E-state index is 11.3. The van der Waals surface area contributed by atoms with Gasteiger partial charge in [0.15, 0.2) is 0 Å². The predicted octanol–water partition coefficient (Wildman–Crippen LogP) is 1.65. The monoisotopic (exact) mass is 216 g/mol. The molecule has 0 unspecified atom stereocenters. The third-order valence-electron chi connectivity index (χ3n) is 2.44. The van der Waals surface area contributed by atoms with Gasteiger partial charge in [0, 0.05) is 16.6 Å². The number of ether oxygens (including phenoxy) is 1. The van der Waals surface area contributed by atoms with Crippen molar-refractivity contribution >= 4 is 16.8 Å². The molecule has 4 heteroatoms. The number of hydrogen-bond donors (Lipinski definition) is 1. The summed E-state index contributed by atoms with van der Waals surface area (Å²) in [6.07, 6.45) is 0. The summed E-state index contributed by atoms with van der Waals surface area (Å²) in [6.45, 7) is 1.88. The first kappa shape index (κ1) is 10.4. The molecule has 2 rings (SSSR count). The minimum Gasteiger partial charge on any atom is -0.494 e. The number of amides is 1. The van der Waals surface area contributed by atoms with Crippen LogP contribution in [0, 0.1) is 6.92 Å². The highest BCUT2D eigenvalue weighted by Gasteiger charge is 2.11. The quantitative estimate of drug-likeness (QED) is 0.830. The van der Waals surface area contributed by atoms with Gasteiger partial charge < -0.3 is 10.5 Å². The fraction of sp³-hybridized carbons (Fsp3) is 0.167. The van der Waals surface area contributed by atoms with Crippen molar-refractivity contribution in [2.75, 3.05) is 7.11 Å². The summed E-state index contributed by atoms with van der Waals surface area (Å²) in [6, 6.07) is 7.03. The molecule has 0 fully saturated rings. The minimum absolute atomic E-state index is 0.460. The van der Waals surface area contributed by atoms with Gasteiger partial charge in [0.1, 0.15) is 11.3 Å². The van der Waals surface area contributed by atoms with Crippen LogP contribution in [0.3, 0.4) is 0 Å². The first-order valence-corrected chi connectivity index (χ1v) is 4.87. The summed E-state index contributed by atoms with van der Waals surface area (Å²) < 4.78 is 5.20. The van der Waals surface area contributed by atoms with E-state index in [0.29, 0.717) is 16.8 Å². The molecule has 1 aromatic heterocycles. The van der Waals surface area contributed by atoms with Gasteiger partial charge in [0.2, 0.25) is 5.91 Å². The second kappa shape index (κ2) is 3.81. The molecule has 0 saturated heterocycles. The largest absolute Gasteiger partial charge is 0.494 e. The lowest BCUT2D eigenvalue weighted by Crippen LogP contribution is -2.11. The highest BCUT2D eigenvalue weighted by atomic mass is 16.5. The van der Waals surface area contributed by atoms with Gasteiger partial charge in [-0.25, -0.2) is 4.98 Å². The van der Waals surface area contributed by atoms with Crippen LogP contribution < -0.4 is 10.5 Å². The van der Waals surface area contributed by atoms with E-state index in [0.717, 1.165) is 11.1 Å². The molecule has 2 aromatic rings. The van der Waals surface area contributed by atoms with E-state index in [1.807, 2.05) is 19.1 Å². The first-order valence-electron chi connectivity index (χ1n) is 4.87. The molecule has 1 amide bonds. The van der Waals surface area contributed by atoms with Crippen molar-refractivity contribution < 1.29 is 9.53 Å². The van der Waals surface area contributed by atoms with Gasteiger partial charge in [-0.05, 0) is 25.1 Å². The van der Waals surface area contributed by atoms with Crippen molar-refractivity contribution in [3.05, 3.63) is 35.5 Å². The summed E-state index contributed by atoms with van der Waals surface area (Å²) in [5, 5.41) is 0.720. The highest BCUT2D eigenvalue weighted by molar-refractivity contribution is 6.06. The van der Waals surface area contributed by atoms with Gasteiger partial charge in [-0.2, -0.15) is 0 Å². The third kappa shape index (κ3) is 1.58. The van der Waals surface area contributed by atoms with E-state index in [4.69, 9.17) is 10.5 Å². The van der Waals surface area contributed by atoms with Gasteiger partial charge in [-0.3, -0.25) is 4.79 Å². The lowest BCUT2D eigenvalue weighted by Gasteiger charge is -2.08. The number of benzene rings is 1. The smallest absolute Gasteiger partial charge is 0.249 e. The van der Waals surface area contributed by atoms with Crippen molar-refractivity contribution in [2.24, 2.45) is 5.73 Å². The standard InChI is InChI=1S/C12H12N2O2/c1-7-3-4-8-9(12(13)15)5-6-10(16-2)11(8)14-7/h3-6H,1-2H3,(H2,13,15). The van der Waals surface area contributed by atoms with Crippen LogP contribution in [0.4, 0.5) is 0 Å². The Morgan fingerprint density at radius 2 is 2.06 bits per heavy atom. The average molecular weight is 216 g/mol. The number of carbonyl (C=O) groups excluding carboxylic acids is 1. The van der Waals surface area contributed by atoms with Gasteiger partial charge >= 0.3 is 0 Å². The van der Waals surface area contributed by atoms with E-state index < -0.39 is 5.91 Å². The molecule has 0 aliphatic carbocycles. The molecule has 0 saturated carbocycles. The molecule has 16 heavy (non-hydrogen) atoms. The van der Waals surface area contributed by atoms with E-state index in [2.05, 4.69) is 4.98 Å². The minimum atomic E-state index is -0.460. The fourth-order valence-electron chi connectivity index (χ4n) is 1.67. The van der Waals surface area contributed by atoms with Crippen molar-refractivity contribution in [1.82, 2.24) is 4.98 Å². The number of pyridine rings is 1. The normalized spacial score (nSPS) is 10.4. The zero-order valence-electron chi connectivity index (χ0n) is 9.15. The summed E-state index contributed by atoms with van der Waals surface area (Å²) in [7, 11) is 1.57. The van der Waals surface area contributed by atoms with Crippen molar-refractivity contribution in [3.63, 3.8) is 0 Å². The van der Waals surface area contributed by atoms with E-state index >= 15 is 0 Å². The molecule has 0 atom stereocenters. The Morgan fingerprint density at radius 3 is 2.69 bits per heavy atom. The van der Waals surface area contributed by atoms with Crippen molar-refractivity contribution in [2.45, 2.75) is 6.92 Å². The van der Waals surface area contributed by atoms with Crippen LogP contribution >= 0.6 is 0 Å². The predicted molar refractivity (Wildman–Crippen MR) is 61.5 cm³/mol. The third-order valence-corrected chi connectivity index (χ3v) is 2.44. The Labute approximate surface area is 93.0 Å². The summed E-state index contributed by atoms with van der Waals surface area (Å²) in [5.74, 6) is 0.182. The van der Waals surface area contributed by atoms with E-state index in [9.17, 15) is 4.79 Å². The van der Waals surface area contributed by atoms with Crippen LogP contribution in [-0.4, -0.2) is 18.0 Å². The molecule has 0 bridgehead atoms. The Hall–Kier alpha value is -2.10. The lowest BCUT2D eigenvalue weighted by atomic mass is 10.1. The molecule has 0 aliphatic heterocycles. The summed E-state index contributed by atoms with van der Waals surface area (Å²) in [5.41, 5.74) is 7.30. The SMILES string of the molecule is COc1ccc(C(N)=O)c2ccc(C)nc12. The number of fused-ring (bicyclic) bond motifs is 1. The highest BCUT2D eigenvalue weighted by Crippen LogP contribution is 2.26. The average Bonchev–Trinajstić information content (AvgIpc) is 2.27. The maximum atomic E-state index is 11.3. The van der Waals surface area contributed by atoms with Crippen LogP contribution in [0.25, 0.3) is 10.9 Å². The summed E-state index contributed by atoms with van der Waals surface area (Å²) in [4.78, 5) is 15.6. The first-order chi connectivity index (χ1) is 7.63. The van der Waals surface area contributed by atoms with Gasteiger partial charge in [0.05, 0.1) is 7.11 Å². The molecule has 2 N–H and O–H groups in total. The number of nitrogens with two attached hydrogens (primary N) is 1. The Morgan fingerprint density at radius 1 is 1.31 bits per heavy atom. The molecule has 1 aromatic carbocycles. The Bertz CT molecular complexity index is 564. The number of carbonyl (C=O) groups is 1. The molecule has 1 heterocycles. The Balaban J connectivity index is 2.85. The number of primary amides is 1. The van der Waals surface area contributed by atoms with Gasteiger partial charge in [0.25, 0.3) is 0 Å².